The van der Waals surface area contributed by atoms with Crippen LogP contribution < -0.4 is 5.32 Å². The maximum absolute atomic E-state index is 12.5. The van der Waals surface area contributed by atoms with E-state index in [9.17, 15) is 14.4 Å². The van der Waals surface area contributed by atoms with E-state index in [1.165, 1.54) is 26.2 Å². The lowest BCUT2D eigenvalue weighted by molar-refractivity contribution is -0.117. The lowest BCUT2D eigenvalue weighted by Gasteiger charge is -2.23. The fraction of sp³-hybridized carbons (Fsp3) is 0.632. The van der Waals surface area contributed by atoms with Gasteiger partial charge >= 0.3 is 5.97 Å². The van der Waals surface area contributed by atoms with Crippen LogP contribution in [0.3, 0.4) is 0 Å². The molecule has 0 atom stereocenters. The van der Waals surface area contributed by atoms with Crippen molar-refractivity contribution in [1.82, 2.24) is 4.90 Å². The summed E-state index contributed by atoms with van der Waals surface area (Å²) < 4.78 is 5.10. The van der Waals surface area contributed by atoms with Crippen LogP contribution in [0.15, 0.2) is 0 Å². The van der Waals surface area contributed by atoms with Crippen LogP contribution in [0.25, 0.3) is 0 Å². The second-order valence-electron chi connectivity index (χ2n) is 6.63. The normalized spacial score (nSPS) is 15.8. The van der Waals surface area contributed by atoms with E-state index in [2.05, 4.69) is 10.2 Å². The molecule has 1 fully saturated rings. The standard InChI is InChI=1S/C19H28N2O4S/c1-4-25-19(24)16-13(2)17(14(3)22)26-18(16)20-15(23)12-21-10-8-6-5-7-9-11-21/h4-12H2,1-3H3,(H,20,23). The Morgan fingerprint density at radius 1 is 1.12 bits per heavy atom. The van der Waals surface area contributed by atoms with Gasteiger partial charge in [-0.1, -0.05) is 19.3 Å². The van der Waals surface area contributed by atoms with Crippen LogP contribution in [-0.2, 0) is 9.53 Å². The molecule has 6 nitrogen and oxygen atoms in total. The summed E-state index contributed by atoms with van der Waals surface area (Å²) in [5.74, 6) is -0.787. The van der Waals surface area contributed by atoms with Crippen molar-refractivity contribution in [3.05, 3.63) is 16.0 Å². The number of hydrogen-bond acceptors (Lipinski definition) is 6. The predicted molar refractivity (Wildman–Crippen MR) is 103 cm³/mol. The highest BCUT2D eigenvalue weighted by molar-refractivity contribution is 7.18. The molecule has 2 heterocycles. The summed E-state index contributed by atoms with van der Waals surface area (Å²) in [7, 11) is 0. The number of rotatable bonds is 6. The lowest BCUT2D eigenvalue weighted by Crippen LogP contribution is -2.35. The number of carbonyl (C=O) groups is 3. The van der Waals surface area contributed by atoms with Crippen molar-refractivity contribution in [1.29, 1.82) is 0 Å². The Morgan fingerprint density at radius 3 is 2.31 bits per heavy atom. The number of nitrogens with zero attached hydrogens (tertiary/aromatic N) is 1. The average molecular weight is 381 g/mol. The third-order valence-corrected chi connectivity index (χ3v) is 5.82. The van der Waals surface area contributed by atoms with Crippen LogP contribution in [-0.4, -0.2) is 48.8 Å². The number of likely N-dealkylation sites (tertiary alicyclic amines) is 1. The van der Waals surface area contributed by atoms with E-state index in [1.807, 2.05) is 0 Å². The molecule has 1 aliphatic rings. The molecule has 1 saturated heterocycles. The Balaban J connectivity index is 2.13. The molecule has 0 unspecified atom stereocenters. The molecule has 0 aliphatic carbocycles. The van der Waals surface area contributed by atoms with E-state index < -0.39 is 5.97 Å². The molecule has 144 valence electrons. The highest BCUT2D eigenvalue weighted by Gasteiger charge is 2.25. The molecule has 0 aromatic carbocycles. The minimum Gasteiger partial charge on any atom is -0.462 e. The maximum atomic E-state index is 12.5. The van der Waals surface area contributed by atoms with Gasteiger partial charge in [-0.2, -0.15) is 0 Å². The number of ketones is 1. The Labute approximate surface area is 158 Å². The van der Waals surface area contributed by atoms with Crippen molar-refractivity contribution in [3.8, 4) is 0 Å². The highest BCUT2D eigenvalue weighted by atomic mass is 32.1. The Hall–Kier alpha value is -1.73. The summed E-state index contributed by atoms with van der Waals surface area (Å²) >= 11 is 1.15. The smallest absolute Gasteiger partial charge is 0.341 e. The second kappa shape index (κ2) is 9.83. The molecule has 1 aromatic rings. The van der Waals surface area contributed by atoms with Gasteiger partial charge in [0.1, 0.15) is 5.00 Å². The SMILES string of the molecule is CCOC(=O)c1c(NC(=O)CN2CCCCCCC2)sc(C(C)=O)c1C. The van der Waals surface area contributed by atoms with Gasteiger partial charge in [0.15, 0.2) is 5.78 Å². The van der Waals surface area contributed by atoms with Crippen LogP contribution in [0.4, 0.5) is 5.00 Å². The molecular weight excluding hydrogens is 352 g/mol. The molecule has 7 heteroatoms. The molecule has 2 rings (SSSR count). The molecule has 26 heavy (non-hydrogen) atoms. The number of Topliss-reactive ketones (excluding diaryl/α,β-unsaturated/α-hetero) is 1. The van der Waals surface area contributed by atoms with Gasteiger partial charge in [-0.3, -0.25) is 14.5 Å². The number of hydrogen-bond donors (Lipinski definition) is 1. The van der Waals surface area contributed by atoms with Gasteiger partial charge in [0.05, 0.1) is 23.6 Å². The second-order valence-corrected chi connectivity index (χ2v) is 7.65. The van der Waals surface area contributed by atoms with Crippen LogP contribution in [0.2, 0.25) is 0 Å². The van der Waals surface area contributed by atoms with Gasteiger partial charge in [0.2, 0.25) is 5.91 Å². The maximum Gasteiger partial charge on any atom is 0.341 e. The molecule has 0 spiro atoms. The van der Waals surface area contributed by atoms with Crippen LogP contribution in [0, 0.1) is 6.92 Å². The molecular formula is C19H28N2O4S. The van der Waals surface area contributed by atoms with Crippen molar-refractivity contribution < 1.29 is 19.1 Å². The number of ether oxygens (including phenoxy) is 1. The van der Waals surface area contributed by atoms with E-state index in [-0.39, 0.29) is 18.3 Å². The van der Waals surface area contributed by atoms with Crippen molar-refractivity contribution in [3.63, 3.8) is 0 Å². The van der Waals surface area contributed by atoms with Gasteiger partial charge in [0, 0.05) is 0 Å². The van der Waals surface area contributed by atoms with E-state index in [4.69, 9.17) is 4.74 Å². The number of amides is 1. The van der Waals surface area contributed by atoms with Crippen molar-refractivity contribution >= 4 is 34.0 Å². The van der Waals surface area contributed by atoms with Gasteiger partial charge in [-0.25, -0.2) is 4.79 Å². The topological polar surface area (TPSA) is 75.7 Å². The summed E-state index contributed by atoms with van der Waals surface area (Å²) in [5.41, 5.74) is 0.866. The first-order valence-electron chi connectivity index (χ1n) is 9.27. The summed E-state index contributed by atoms with van der Waals surface area (Å²) in [6, 6.07) is 0. The van der Waals surface area contributed by atoms with E-state index in [0.717, 1.165) is 37.3 Å². The third-order valence-electron chi connectivity index (χ3n) is 4.51. The number of esters is 1. The summed E-state index contributed by atoms with van der Waals surface area (Å²) in [5, 5.41) is 3.24. The molecule has 0 radical (unpaired) electrons. The van der Waals surface area contributed by atoms with Gasteiger partial charge < -0.3 is 10.1 Å². The minimum atomic E-state index is -0.504. The van der Waals surface area contributed by atoms with Crippen LogP contribution >= 0.6 is 11.3 Å². The van der Waals surface area contributed by atoms with Crippen LogP contribution in [0.5, 0.6) is 0 Å². The summed E-state index contributed by atoms with van der Waals surface area (Å²) in [4.78, 5) is 39.3. The van der Waals surface area contributed by atoms with Crippen LogP contribution in [0.1, 0.15) is 71.5 Å². The summed E-state index contributed by atoms with van der Waals surface area (Å²) in [6.07, 6.45) is 5.89. The number of thiophene rings is 1. The van der Waals surface area contributed by atoms with Crippen molar-refractivity contribution in [2.45, 2.75) is 52.9 Å². The molecule has 1 aliphatic heterocycles. The quantitative estimate of drug-likeness (QED) is 0.602. The molecule has 1 N–H and O–H groups in total. The average Bonchev–Trinajstić information content (AvgIpc) is 2.86. The minimum absolute atomic E-state index is 0.123. The number of carbonyl (C=O) groups excluding carboxylic acids is 3. The van der Waals surface area contributed by atoms with Gasteiger partial charge in [-0.15, -0.1) is 11.3 Å². The zero-order valence-electron chi connectivity index (χ0n) is 15.9. The van der Waals surface area contributed by atoms with E-state index in [0.29, 0.717) is 27.5 Å². The monoisotopic (exact) mass is 380 g/mol. The lowest BCUT2D eigenvalue weighted by atomic mass is 10.1. The first-order chi connectivity index (χ1) is 12.4. The Morgan fingerprint density at radius 2 is 1.73 bits per heavy atom. The zero-order chi connectivity index (χ0) is 19.1. The van der Waals surface area contributed by atoms with Crippen molar-refractivity contribution in [2.75, 3.05) is 31.6 Å². The molecule has 1 aromatic heterocycles. The first kappa shape index (κ1) is 20.6. The Kier molecular flexibility index (Phi) is 7.78. The molecule has 0 saturated carbocycles. The van der Waals surface area contributed by atoms with Gasteiger partial charge in [-0.05, 0) is 52.3 Å². The highest BCUT2D eigenvalue weighted by Crippen LogP contribution is 2.34. The Bertz CT molecular complexity index is 661. The van der Waals surface area contributed by atoms with Crippen molar-refractivity contribution in [2.24, 2.45) is 0 Å². The van der Waals surface area contributed by atoms with E-state index in [1.54, 1.807) is 13.8 Å². The largest absolute Gasteiger partial charge is 0.462 e. The molecule has 1 amide bonds. The number of nitrogens with one attached hydrogen (secondary N) is 1. The summed E-state index contributed by atoms with van der Waals surface area (Å²) in [6.45, 7) is 7.28. The predicted octanol–water partition coefficient (Wildman–Crippen LogP) is 3.64. The van der Waals surface area contributed by atoms with Gasteiger partial charge in [0.25, 0.3) is 0 Å². The van der Waals surface area contributed by atoms with E-state index >= 15 is 0 Å². The fourth-order valence-electron chi connectivity index (χ4n) is 3.23. The third kappa shape index (κ3) is 5.38. The zero-order valence-corrected chi connectivity index (χ0v) is 16.7. The fourth-order valence-corrected chi connectivity index (χ4v) is 4.33. The molecule has 0 bridgehead atoms. The number of anilines is 1. The first-order valence-corrected chi connectivity index (χ1v) is 10.1.